The summed E-state index contributed by atoms with van der Waals surface area (Å²) in [6.07, 6.45) is -3.06. The molecular weight excluding hydrogens is 376 g/mol. The summed E-state index contributed by atoms with van der Waals surface area (Å²) >= 11 is 0. The summed E-state index contributed by atoms with van der Waals surface area (Å²) in [4.78, 5) is 16.0. The number of aromatic nitrogens is 1. The van der Waals surface area contributed by atoms with Crippen LogP contribution in [-0.2, 0) is 17.4 Å². The fourth-order valence-corrected chi connectivity index (χ4v) is 2.66. The highest BCUT2D eigenvalue weighted by atomic mass is 19.4. The van der Waals surface area contributed by atoms with Gasteiger partial charge in [-0.2, -0.15) is 13.2 Å². The largest absolute Gasteiger partial charge is 0.441 e. The predicted octanol–water partition coefficient (Wildman–Crippen LogP) is 5.38. The third-order valence-corrected chi connectivity index (χ3v) is 4.09. The Kier molecular flexibility index (Phi) is 5.48. The van der Waals surface area contributed by atoms with Gasteiger partial charge >= 0.3 is 6.18 Å². The zero-order valence-corrected chi connectivity index (χ0v) is 14.8. The lowest BCUT2D eigenvalue weighted by molar-refractivity contribution is -0.138. The lowest BCUT2D eigenvalue weighted by Gasteiger charge is -2.12. The first-order valence-electron chi connectivity index (χ1n) is 8.41. The molecule has 0 aliphatic heterocycles. The van der Waals surface area contributed by atoms with Gasteiger partial charge in [-0.25, -0.2) is 9.37 Å². The van der Waals surface area contributed by atoms with E-state index >= 15 is 0 Å². The topological polar surface area (TPSA) is 55.1 Å². The normalized spacial score (nSPS) is 11.5. The molecule has 3 aromatic rings. The van der Waals surface area contributed by atoms with Crippen molar-refractivity contribution < 1.29 is 26.8 Å². The van der Waals surface area contributed by atoms with Crippen LogP contribution < -0.4 is 5.32 Å². The molecule has 1 heterocycles. The Morgan fingerprint density at radius 3 is 2.64 bits per heavy atom. The molecule has 0 radical (unpaired) electrons. The Hall–Kier alpha value is -3.16. The van der Waals surface area contributed by atoms with Crippen LogP contribution in [0, 0.1) is 12.7 Å². The van der Waals surface area contributed by atoms with Crippen molar-refractivity contribution in [3.8, 4) is 11.3 Å². The number of alkyl halides is 3. The van der Waals surface area contributed by atoms with Crippen LogP contribution in [0.15, 0.2) is 53.1 Å². The number of hydrogen-bond acceptors (Lipinski definition) is 3. The van der Waals surface area contributed by atoms with E-state index in [-0.39, 0.29) is 41.3 Å². The van der Waals surface area contributed by atoms with E-state index in [1.165, 1.54) is 31.3 Å². The maximum absolute atomic E-state index is 13.8. The van der Waals surface area contributed by atoms with Gasteiger partial charge in [-0.05, 0) is 36.8 Å². The van der Waals surface area contributed by atoms with E-state index in [0.717, 1.165) is 6.07 Å². The molecule has 0 aliphatic carbocycles. The first-order chi connectivity index (χ1) is 13.2. The number of benzene rings is 2. The highest BCUT2D eigenvalue weighted by Crippen LogP contribution is 2.33. The number of amides is 1. The zero-order chi connectivity index (χ0) is 20.3. The molecule has 146 valence electrons. The molecule has 2 aromatic carbocycles. The van der Waals surface area contributed by atoms with Crippen molar-refractivity contribution in [2.45, 2.75) is 25.9 Å². The molecule has 0 atom stereocenters. The molecule has 8 heteroatoms. The Morgan fingerprint density at radius 2 is 1.93 bits per heavy atom. The zero-order valence-electron chi connectivity index (χ0n) is 14.8. The van der Waals surface area contributed by atoms with Gasteiger partial charge < -0.3 is 9.73 Å². The van der Waals surface area contributed by atoms with Crippen LogP contribution in [0.3, 0.4) is 0 Å². The van der Waals surface area contributed by atoms with Crippen LogP contribution >= 0.6 is 0 Å². The maximum atomic E-state index is 13.8. The van der Waals surface area contributed by atoms with Crippen LogP contribution in [0.25, 0.3) is 11.3 Å². The Labute approximate surface area is 158 Å². The molecular formula is C20H16F4N2O2. The van der Waals surface area contributed by atoms with Gasteiger partial charge in [-0.3, -0.25) is 4.79 Å². The quantitative estimate of drug-likeness (QED) is 0.593. The third-order valence-electron chi connectivity index (χ3n) is 4.09. The van der Waals surface area contributed by atoms with Crippen molar-refractivity contribution in [1.82, 2.24) is 4.98 Å². The van der Waals surface area contributed by atoms with Gasteiger partial charge in [0.25, 0.3) is 0 Å². The van der Waals surface area contributed by atoms with Crippen molar-refractivity contribution >= 4 is 11.6 Å². The first-order valence-corrected chi connectivity index (χ1v) is 8.41. The number of aryl methyl sites for hydroxylation is 2. The summed E-state index contributed by atoms with van der Waals surface area (Å²) in [5.74, 6) is -0.472. The van der Waals surface area contributed by atoms with Gasteiger partial charge in [0.1, 0.15) is 5.82 Å². The molecule has 1 amide bonds. The number of nitrogens with zero attached hydrogens (tertiary/aromatic N) is 1. The standard InChI is InChI=1S/C20H16F4N2O2/c1-12-6-7-13(10-15(12)20(22,23)24)26-18(27)8-9-19-25-11-17(28-19)14-4-2-3-5-16(14)21/h2-7,10-11H,8-9H2,1H3,(H,26,27). The fourth-order valence-electron chi connectivity index (χ4n) is 2.66. The maximum Gasteiger partial charge on any atom is 0.416 e. The minimum atomic E-state index is -4.49. The van der Waals surface area contributed by atoms with E-state index in [1.54, 1.807) is 18.2 Å². The third kappa shape index (κ3) is 4.57. The van der Waals surface area contributed by atoms with Gasteiger partial charge in [-0.15, -0.1) is 0 Å². The molecule has 0 saturated heterocycles. The Bertz CT molecular complexity index is 996. The Morgan fingerprint density at radius 1 is 1.18 bits per heavy atom. The van der Waals surface area contributed by atoms with E-state index in [4.69, 9.17) is 4.42 Å². The smallest absolute Gasteiger partial charge is 0.416 e. The molecule has 0 saturated carbocycles. The number of halogens is 4. The van der Waals surface area contributed by atoms with E-state index < -0.39 is 23.5 Å². The molecule has 0 unspecified atom stereocenters. The molecule has 28 heavy (non-hydrogen) atoms. The lowest BCUT2D eigenvalue weighted by Crippen LogP contribution is -2.14. The van der Waals surface area contributed by atoms with E-state index in [1.807, 2.05) is 0 Å². The minimum Gasteiger partial charge on any atom is -0.441 e. The second-order valence-electron chi connectivity index (χ2n) is 6.17. The summed E-state index contributed by atoms with van der Waals surface area (Å²) in [7, 11) is 0. The van der Waals surface area contributed by atoms with Crippen molar-refractivity contribution in [2.24, 2.45) is 0 Å². The number of oxazole rings is 1. The van der Waals surface area contributed by atoms with Crippen LogP contribution in [0.1, 0.15) is 23.4 Å². The van der Waals surface area contributed by atoms with E-state index in [0.29, 0.717) is 0 Å². The number of nitrogens with one attached hydrogen (secondary N) is 1. The molecule has 1 aromatic heterocycles. The van der Waals surface area contributed by atoms with Crippen LogP contribution in [-0.4, -0.2) is 10.9 Å². The van der Waals surface area contributed by atoms with Crippen molar-refractivity contribution in [3.63, 3.8) is 0 Å². The molecule has 0 bridgehead atoms. The highest BCUT2D eigenvalue weighted by Gasteiger charge is 2.32. The first kappa shape index (κ1) is 19.6. The lowest BCUT2D eigenvalue weighted by atomic mass is 10.1. The average molecular weight is 392 g/mol. The molecule has 0 aliphatic rings. The van der Waals surface area contributed by atoms with Crippen molar-refractivity contribution in [3.05, 3.63) is 71.5 Å². The highest BCUT2D eigenvalue weighted by molar-refractivity contribution is 5.90. The number of carbonyl (C=O) groups is 1. The van der Waals surface area contributed by atoms with Gasteiger partial charge in [0.05, 0.1) is 17.3 Å². The number of anilines is 1. The van der Waals surface area contributed by atoms with Gasteiger partial charge in [0.2, 0.25) is 5.91 Å². The van der Waals surface area contributed by atoms with E-state index in [9.17, 15) is 22.4 Å². The summed E-state index contributed by atoms with van der Waals surface area (Å²) < 4.78 is 58.0. The van der Waals surface area contributed by atoms with Crippen molar-refractivity contribution in [1.29, 1.82) is 0 Å². The molecule has 0 spiro atoms. The van der Waals surface area contributed by atoms with Crippen LogP contribution in [0.2, 0.25) is 0 Å². The van der Waals surface area contributed by atoms with E-state index in [2.05, 4.69) is 10.3 Å². The van der Waals surface area contributed by atoms with Crippen molar-refractivity contribution in [2.75, 3.05) is 5.32 Å². The molecule has 0 fully saturated rings. The minimum absolute atomic E-state index is 0.0492. The number of hydrogen-bond donors (Lipinski definition) is 1. The SMILES string of the molecule is Cc1ccc(NC(=O)CCc2ncc(-c3ccccc3F)o2)cc1C(F)(F)F. The average Bonchev–Trinajstić information content (AvgIpc) is 3.10. The van der Waals surface area contributed by atoms with Gasteiger partial charge in [0.15, 0.2) is 11.7 Å². The Balaban J connectivity index is 1.62. The predicted molar refractivity (Wildman–Crippen MR) is 95.0 cm³/mol. The summed E-state index contributed by atoms with van der Waals surface area (Å²) in [5.41, 5.74) is -0.411. The fraction of sp³-hybridized carbons (Fsp3) is 0.200. The van der Waals surface area contributed by atoms with Gasteiger partial charge in [0, 0.05) is 18.5 Å². The number of carbonyl (C=O) groups excluding carboxylic acids is 1. The summed E-state index contributed by atoms with van der Waals surface area (Å²) in [6.45, 7) is 1.35. The second-order valence-corrected chi connectivity index (χ2v) is 6.17. The van der Waals surface area contributed by atoms with Crippen LogP contribution in [0.4, 0.5) is 23.2 Å². The number of rotatable bonds is 5. The summed E-state index contributed by atoms with van der Waals surface area (Å²) in [5, 5.41) is 2.43. The van der Waals surface area contributed by atoms with Crippen LogP contribution in [0.5, 0.6) is 0 Å². The second kappa shape index (κ2) is 7.84. The molecule has 4 nitrogen and oxygen atoms in total. The van der Waals surface area contributed by atoms with Gasteiger partial charge in [-0.1, -0.05) is 18.2 Å². The molecule has 3 rings (SSSR count). The molecule has 1 N–H and O–H groups in total. The monoisotopic (exact) mass is 392 g/mol. The summed E-state index contributed by atoms with van der Waals surface area (Å²) in [6, 6.07) is 9.65.